The van der Waals surface area contributed by atoms with Crippen LogP contribution < -0.4 is 11.3 Å². The molecule has 6 heteroatoms. The first-order valence-electron chi connectivity index (χ1n) is 5.99. The average molecular weight is 267 g/mol. The molecule has 0 spiro atoms. The summed E-state index contributed by atoms with van der Waals surface area (Å²) in [6.07, 6.45) is 1.98. The van der Waals surface area contributed by atoms with E-state index in [4.69, 9.17) is 5.84 Å². The molecule has 1 saturated heterocycles. The average Bonchev–Trinajstić information content (AvgIpc) is 2.82. The van der Waals surface area contributed by atoms with Crippen LogP contribution in [0.15, 0.2) is 11.4 Å². The Labute approximate surface area is 110 Å². The first kappa shape index (κ1) is 13.0. The smallest absolute Gasteiger partial charge is 0.275 e. The Kier molecular flexibility index (Phi) is 3.98. The lowest BCUT2D eigenvalue weighted by Crippen LogP contribution is -2.40. The second kappa shape index (κ2) is 5.49. The number of hydrazine groups is 1. The molecule has 18 heavy (non-hydrogen) atoms. The largest absolute Gasteiger partial charge is 0.338 e. The maximum atomic E-state index is 12.0. The second-order valence-corrected chi connectivity index (χ2v) is 5.47. The predicted molar refractivity (Wildman–Crippen MR) is 69.8 cm³/mol. The highest BCUT2D eigenvalue weighted by Crippen LogP contribution is 2.23. The molecular formula is C12H17N3O2S. The number of amides is 2. The Morgan fingerprint density at radius 2 is 2.44 bits per heavy atom. The number of piperidine rings is 1. The van der Waals surface area contributed by atoms with Crippen molar-refractivity contribution >= 4 is 23.2 Å². The van der Waals surface area contributed by atoms with Crippen molar-refractivity contribution in [2.45, 2.75) is 26.3 Å². The van der Waals surface area contributed by atoms with Gasteiger partial charge >= 0.3 is 0 Å². The van der Waals surface area contributed by atoms with Gasteiger partial charge < -0.3 is 4.90 Å². The highest BCUT2D eigenvalue weighted by molar-refractivity contribution is 7.12. The van der Waals surface area contributed by atoms with Crippen molar-refractivity contribution in [1.29, 1.82) is 0 Å². The number of carbonyl (C=O) groups excluding carboxylic acids is 2. The number of thiophene rings is 1. The van der Waals surface area contributed by atoms with Gasteiger partial charge in [-0.2, -0.15) is 0 Å². The molecule has 1 aliphatic heterocycles. The molecule has 0 aromatic carbocycles. The molecular weight excluding hydrogens is 250 g/mol. The SMILES string of the molecule is CC1CCCN(Cc2ccsc2C(=O)NN)C1=O. The van der Waals surface area contributed by atoms with Crippen molar-refractivity contribution in [3.05, 3.63) is 21.9 Å². The summed E-state index contributed by atoms with van der Waals surface area (Å²) >= 11 is 1.34. The van der Waals surface area contributed by atoms with Crippen molar-refractivity contribution in [1.82, 2.24) is 10.3 Å². The van der Waals surface area contributed by atoms with Gasteiger partial charge in [-0.3, -0.25) is 15.0 Å². The van der Waals surface area contributed by atoms with E-state index >= 15 is 0 Å². The molecule has 98 valence electrons. The van der Waals surface area contributed by atoms with Crippen LogP contribution >= 0.6 is 11.3 Å². The molecule has 1 aromatic heterocycles. The fraction of sp³-hybridized carbons (Fsp3) is 0.500. The van der Waals surface area contributed by atoms with E-state index in [9.17, 15) is 9.59 Å². The summed E-state index contributed by atoms with van der Waals surface area (Å²) in [5.74, 6) is 5.11. The Balaban J connectivity index is 2.12. The van der Waals surface area contributed by atoms with Gasteiger partial charge in [-0.25, -0.2) is 5.84 Å². The summed E-state index contributed by atoms with van der Waals surface area (Å²) in [5, 5.41) is 1.84. The van der Waals surface area contributed by atoms with Crippen LogP contribution in [0.2, 0.25) is 0 Å². The number of nitrogens with one attached hydrogen (secondary N) is 1. The molecule has 2 amide bonds. The number of likely N-dealkylation sites (tertiary alicyclic amines) is 1. The highest BCUT2D eigenvalue weighted by Gasteiger charge is 2.26. The molecule has 2 heterocycles. The van der Waals surface area contributed by atoms with E-state index in [1.54, 1.807) is 0 Å². The molecule has 2 rings (SSSR count). The maximum Gasteiger partial charge on any atom is 0.275 e. The summed E-state index contributed by atoms with van der Waals surface area (Å²) in [6.45, 7) is 3.22. The van der Waals surface area contributed by atoms with Gasteiger partial charge in [-0.15, -0.1) is 11.3 Å². The van der Waals surface area contributed by atoms with Crippen molar-refractivity contribution in [3.63, 3.8) is 0 Å². The number of rotatable bonds is 3. The molecule has 1 aromatic rings. The quantitative estimate of drug-likeness (QED) is 0.489. The molecule has 1 unspecified atom stereocenters. The number of nitrogens with zero attached hydrogens (tertiary/aromatic N) is 1. The summed E-state index contributed by atoms with van der Waals surface area (Å²) in [5.41, 5.74) is 3.00. The number of nitrogen functional groups attached to an aromatic ring is 1. The van der Waals surface area contributed by atoms with Gasteiger partial charge in [-0.05, 0) is 29.9 Å². The summed E-state index contributed by atoms with van der Waals surface area (Å²) in [4.78, 5) is 26.0. The monoisotopic (exact) mass is 267 g/mol. The lowest BCUT2D eigenvalue weighted by atomic mass is 9.99. The summed E-state index contributed by atoms with van der Waals surface area (Å²) < 4.78 is 0. The lowest BCUT2D eigenvalue weighted by molar-refractivity contribution is -0.138. The number of hydrogen-bond donors (Lipinski definition) is 2. The topological polar surface area (TPSA) is 75.4 Å². The van der Waals surface area contributed by atoms with Crippen molar-refractivity contribution in [3.8, 4) is 0 Å². The van der Waals surface area contributed by atoms with Crippen molar-refractivity contribution < 1.29 is 9.59 Å². The first-order chi connectivity index (χ1) is 8.63. The predicted octanol–water partition coefficient (Wildman–Crippen LogP) is 1.11. The fourth-order valence-electron chi connectivity index (χ4n) is 2.22. The van der Waals surface area contributed by atoms with Gasteiger partial charge in [0.25, 0.3) is 5.91 Å². The van der Waals surface area contributed by atoms with Crippen molar-refractivity contribution in [2.24, 2.45) is 11.8 Å². The van der Waals surface area contributed by atoms with Gasteiger partial charge in [0, 0.05) is 19.0 Å². The third kappa shape index (κ3) is 2.54. The van der Waals surface area contributed by atoms with E-state index in [1.807, 2.05) is 23.3 Å². The van der Waals surface area contributed by atoms with E-state index in [0.717, 1.165) is 24.9 Å². The van der Waals surface area contributed by atoms with Crippen LogP contribution in [0, 0.1) is 5.92 Å². The van der Waals surface area contributed by atoms with Crippen LogP contribution in [0.4, 0.5) is 0 Å². The van der Waals surface area contributed by atoms with Gasteiger partial charge in [0.1, 0.15) is 0 Å². The molecule has 1 aliphatic rings. The van der Waals surface area contributed by atoms with Gasteiger partial charge in [0.05, 0.1) is 4.88 Å². The first-order valence-corrected chi connectivity index (χ1v) is 6.87. The zero-order valence-corrected chi connectivity index (χ0v) is 11.1. The minimum atomic E-state index is -0.294. The molecule has 0 bridgehead atoms. The zero-order chi connectivity index (χ0) is 13.1. The van der Waals surface area contributed by atoms with Crippen LogP contribution in [0.1, 0.15) is 35.0 Å². The van der Waals surface area contributed by atoms with Gasteiger partial charge in [0.2, 0.25) is 5.91 Å². The minimum absolute atomic E-state index is 0.0872. The number of carbonyl (C=O) groups is 2. The van der Waals surface area contributed by atoms with Crippen LogP contribution in [0.3, 0.4) is 0 Å². The van der Waals surface area contributed by atoms with E-state index in [0.29, 0.717) is 11.4 Å². The third-order valence-corrected chi connectivity index (χ3v) is 4.20. The Morgan fingerprint density at radius 3 is 3.17 bits per heavy atom. The van der Waals surface area contributed by atoms with Crippen LogP contribution in [0.5, 0.6) is 0 Å². The van der Waals surface area contributed by atoms with Crippen LogP contribution in [-0.2, 0) is 11.3 Å². The van der Waals surface area contributed by atoms with E-state index in [-0.39, 0.29) is 17.7 Å². The lowest BCUT2D eigenvalue weighted by Gasteiger charge is -2.30. The number of hydrogen-bond acceptors (Lipinski definition) is 4. The Morgan fingerprint density at radius 1 is 1.67 bits per heavy atom. The third-order valence-electron chi connectivity index (χ3n) is 3.24. The molecule has 0 saturated carbocycles. The second-order valence-electron chi connectivity index (χ2n) is 4.55. The Bertz CT molecular complexity index is 458. The van der Waals surface area contributed by atoms with E-state index in [1.165, 1.54) is 11.3 Å². The fourth-order valence-corrected chi connectivity index (χ4v) is 3.04. The standard InChI is InChI=1S/C12H17N3O2S/c1-8-3-2-5-15(12(8)17)7-9-4-6-18-10(9)11(16)14-13/h4,6,8H,2-3,5,7,13H2,1H3,(H,14,16). The molecule has 1 atom stereocenters. The molecule has 3 N–H and O–H groups in total. The Hall–Kier alpha value is -1.40. The van der Waals surface area contributed by atoms with Crippen LogP contribution in [0.25, 0.3) is 0 Å². The molecule has 0 aliphatic carbocycles. The summed E-state index contributed by atoms with van der Waals surface area (Å²) in [6, 6.07) is 1.88. The summed E-state index contributed by atoms with van der Waals surface area (Å²) in [7, 11) is 0. The molecule has 5 nitrogen and oxygen atoms in total. The number of nitrogens with two attached hydrogens (primary N) is 1. The van der Waals surface area contributed by atoms with Crippen molar-refractivity contribution in [2.75, 3.05) is 6.54 Å². The van der Waals surface area contributed by atoms with Gasteiger partial charge in [-0.1, -0.05) is 6.92 Å². The molecule has 0 radical (unpaired) electrons. The highest BCUT2D eigenvalue weighted by atomic mass is 32.1. The minimum Gasteiger partial charge on any atom is -0.338 e. The maximum absolute atomic E-state index is 12.0. The van der Waals surface area contributed by atoms with Crippen LogP contribution in [-0.4, -0.2) is 23.3 Å². The normalized spacial score (nSPS) is 20.0. The van der Waals surface area contributed by atoms with E-state index in [2.05, 4.69) is 5.43 Å². The van der Waals surface area contributed by atoms with Gasteiger partial charge in [0.15, 0.2) is 0 Å². The molecule has 1 fully saturated rings. The zero-order valence-electron chi connectivity index (χ0n) is 10.3. The van der Waals surface area contributed by atoms with E-state index < -0.39 is 0 Å².